The molecule has 0 rings (SSSR count). The van der Waals surface area contributed by atoms with Crippen molar-refractivity contribution in [1.29, 1.82) is 0 Å². The molecule has 0 bridgehead atoms. The third-order valence-electron chi connectivity index (χ3n) is 9.52. The predicted octanol–water partition coefficient (Wildman–Crippen LogP) is 15.0. The van der Waals surface area contributed by atoms with Gasteiger partial charge in [-0.05, 0) is 83.5 Å². The Balaban J connectivity index is 3.46. The molecule has 1 N–H and O–H groups in total. The minimum absolute atomic E-state index is 0.179. The molecule has 0 aromatic heterocycles. The van der Waals surface area contributed by atoms with E-state index in [-0.39, 0.29) is 19.2 Å². The lowest BCUT2D eigenvalue weighted by atomic mass is 10.1. The van der Waals surface area contributed by atoms with Crippen LogP contribution in [0.2, 0.25) is 0 Å². The Bertz CT molecular complexity index is 911. The van der Waals surface area contributed by atoms with Crippen LogP contribution in [0.5, 0.6) is 0 Å². The van der Waals surface area contributed by atoms with E-state index in [2.05, 4.69) is 86.8 Å². The van der Waals surface area contributed by atoms with Gasteiger partial charge < -0.3 is 14.6 Å². The van der Waals surface area contributed by atoms with Gasteiger partial charge in [0.15, 0.2) is 0 Å². The Hall–Kier alpha value is -2.17. The SMILES string of the molecule is CC/C=C\C/C=C\C/C=C\C/C=C\CCCCCCCCCCC(=O)OC(CO)COCCCCCCCCCCCC/C=C\C/C=C\CCCCC. The first-order valence-electron chi connectivity index (χ1n) is 22.5. The molecule has 0 aliphatic carbocycles. The maximum atomic E-state index is 12.2. The average molecular weight is 739 g/mol. The minimum Gasteiger partial charge on any atom is -0.457 e. The quantitative estimate of drug-likeness (QED) is 0.0385. The van der Waals surface area contributed by atoms with E-state index in [0.717, 1.165) is 51.4 Å². The Labute approximate surface area is 329 Å². The summed E-state index contributed by atoms with van der Waals surface area (Å²) in [5, 5.41) is 9.62. The summed E-state index contributed by atoms with van der Waals surface area (Å²) in [5.41, 5.74) is 0. The molecule has 0 heterocycles. The predicted molar refractivity (Wildman–Crippen MR) is 232 cm³/mol. The van der Waals surface area contributed by atoms with Gasteiger partial charge in [-0.25, -0.2) is 0 Å². The van der Waals surface area contributed by atoms with Crippen molar-refractivity contribution in [2.24, 2.45) is 0 Å². The summed E-state index contributed by atoms with van der Waals surface area (Å²) in [6.45, 7) is 5.20. The normalized spacial score (nSPS) is 13.0. The minimum atomic E-state index is -0.544. The molecule has 0 saturated carbocycles. The van der Waals surface area contributed by atoms with Gasteiger partial charge in [-0.2, -0.15) is 0 Å². The van der Waals surface area contributed by atoms with Gasteiger partial charge in [0.2, 0.25) is 0 Å². The number of hydrogen-bond donors (Lipinski definition) is 1. The maximum Gasteiger partial charge on any atom is 0.306 e. The number of unbranched alkanes of at least 4 members (excludes halogenated alkanes) is 21. The third-order valence-corrected chi connectivity index (χ3v) is 9.52. The van der Waals surface area contributed by atoms with E-state index in [1.165, 1.54) is 135 Å². The van der Waals surface area contributed by atoms with E-state index < -0.39 is 6.10 Å². The molecule has 306 valence electrons. The van der Waals surface area contributed by atoms with E-state index in [1.807, 2.05) is 0 Å². The van der Waals surface area contributed by atoms with Crippen LogP contribution >= 0.6 is 0 Å². The van der Waals surface area contributed by atoms with E-state index in [9.17, 15) is 9.90 Å². The fraction of sp³-hybridized carbons (Fsp3) is 0.735. The average Bonchev–Trinajstić information content (AvgIpc) is 3.16. The van der Waals surface area contributed by atoms with E-state index in [1.54, 1.807) is 0 Å². The smallest absolute Gasteiger partial charge is 0.306 e. The lowest BCUT2D eigenvalue weighted by Gasteiger charge is -2.16. The second-order valence-corrected chi connectivity index (χ2v) is 14.7. The molecule has 0 fully saturated rings. The zero-order valence-electron chi connectivity index (χ0n) is 35.0. The van der Waals surface area contributed by atoms with Crippen molar-refractivity contribution in [1.82, 2.24) is 0 Å². The van der Waals surface area contributed by atoms with Crippen LogP contribution in [0.15, 0.2) is 72.9 Å². The molecule has 1 unspecified atom stereocenters. The first-order valence-corrected chi connectivity index (χ1v) is 22.5. The summed E-state index contributed by atoms with van der Waals surface area (Å²) in [7, 11) is 0. The summed E-state index contributed by atoms with van der Waals surface area (Å²) in [6, 6.07) is 0. The van der Waals surface area contributed by atoms with Crippen LogP contribution in [0.4, 0.5) is 0 Å². The summed E-state index contributed by atoms with van der Waals surface area (Å²) < 4.78 is 11.2. The molecular weight excluding hydrogens is 653 g/mol. The Morgan fingerprint density at radius 3 is 1.28 bits per heavy atom. The highest BCUT2D eigenvalue weighted by Crippen LogP contribution is 2.13. The van der Waals surface area contributed by atoms with Crippen LogP contribution in [-0.4, -0.2) is 37.0 Å². The Morgan fingerprint density at radius 1 is 0.472 bits per heavy atom. The van der Waals surface area contributed by atoms with Gasteiger partial charge in [-0.15, -0.1) is 0 Å². The van der Waals surface area contributed by atoms with Gasteiger partial charge in [0.25, 0.3) is 0 Å². The van der Waals surface area contributed by atoms with Crippen LogP contribution in [-0.2, 0) is 14.3 Å². The standard InChI is InChI=1S/C49H86O4/c1-3-5-7-9-11-13-15-17-19-21-23-25-26-28-30-32-34-36-38-40-42-44-49(51)53-48(46-50)47-52-45-43-41-39-37-35-33-31-29-27-24-22-20-18-16-14-12-10-8-6-4-2/h5,7,11-14,17-20,23,25,48,50H,3-4,6,8-10,15-16,21-22,24,26-47H2,1-2H3/b7-5-,13-11-,14-12-,19-17-,20-18-,25-23-. The van der Waals surface area contributed by atoms with Crippen molar-refractivity contribution < 1.29 is 19.4 Å². The first kappa shape index (κ1) is 50.8. The maximum absolute atomic E-state index is 12.2. The molecule has 0 aliphatic rings. The van der Waals surface area contributed by atoms with Gasteiger partial charge in [0.05, 0.1) is 13.2 Å². The molecule has 4 heteroatoms. The van der Waals surface area contributed by atoms with Gasteiger partial charge >= 0.3 is 5.97 Å². The molecule has 0 radical (unpaired) electrons. The second-order valence-electron chi connectivity index (χ2n) is 14.7. The monoisotopic (exact) mass is 739 g/mol. The van der Waals surface area contributed by atoms with Crippen LogP contribution in [0.25, 0.3) is 0 Å². The van der Waals surface area contributed by atoms with E-state index in [4.69, 9.17) is 9.47 Å². The molecular formula is C49H86O4. The molecule has 0 aromatic rings. The summed E-state index contributed by atoms with van der Waals surface area (Å²) in [6.07, 6.45) is 62.5. The number of aliphatic hydroxyl groups is 1. The zero-order chi connectivity index (χ0) is 38.4. The lowest BCUT2D eigenvalue weighted by molar-refractivity contribution is -0.154. The number of ether oxygens (including phenoxy) is 2. The van der Waals surface area contributed by atoms with Crippen LogP contribution in [0.3, 0.4) is 0 Å². The molecule has 0 amide bonds. The fourth-order valence-corrected chi connectivity index (χ4v) is 6.17. The topological polar surface area (TPSA) is 55.8 Å². The van der Waals surface area contributed by atoms with Gasteiger partial charge in [0.1, 0.15) is 6.10 Å². The molecule has 0 aliphatic heterocycles. The summed E-state index contributed by atoms with van der Waals surface area (Å²) >= 11 is 0. The highest BCUT2D eigenvalue weighted by Gasteiger charge is 2.13. The number of carbonyl (C=O) groups is 1. The molecule has 53 heavy (non-hydrogen) atoms. The zero-order valence-corrected chi connectivity index (χ0v) is 35.0. The highest BCUT2D eigenvalue weighted by atomic mass is 16.6. The van der Waals surface area contributed by atoms with E-state index >= 15 is 0 Å². The van der Waals surface area contributed by atoms with Crippen molar-refractivity contribution in [2.45, 2.75) is 213 Å². The largest absolute Gasteiger partial charge is 0.457 e. The van der Waals surface area contributed by atoms with Crippen molar-refractivity contribution in [3.63, 3.8) is 0 Å². The van der Waals surface area contributed by atoms with Crippen LogP contribution in [0.1, 0.15) is 206 Å². The van der Waals surface area contributed by atoms with Crippen LogP contribution < -0.4 is 0 Å². The number of esters is 1. The van der Waals surface area contributed by atoms with Gasteiger partial charge in [-0.3, -0.25) is 4.79 Å². The van der Waals surface area contributed by atoms with Crippen LogP contribution in [0, 0.1) is 0 Å². The van der Waals surface area contributed by atoms with Gasteiger partial charge in [0, 0.05) is 13.0 Å². The fourth-order valence-electron chi connectivity index (χ4n) is 6.17. The van der Waals surface area contributed by atoms with Crippen molar-refractivity contribution in [3.8, 4) is 0 Å². The van der Waals surface area contributed by atoms with Crippen molar-refractivity contribution in [3.05, 3.63) is 72.9 Å². The number of allylic oxidation sites excluding steroid dienone is 12. The Kier molecular flexibility index (Phi) is 44.1. The van der Waals surface area contributed by atoms with Gasteiger partial charge in [-0.1, -0.05) is 189 Å². The highest BCUT2D eigenvalue weighted by molar-refractivity contribution is 5.69. The number of carbonyl (C=O) groups excluding carboxylic acids is 1. The summed E-state index contributed by atoms with van der Waals surface area (Å²) in [4.78, 5) is 12.2. The number of hydrogen-bond acceptors (Lipinski definition) is 4. The van der Waals surface area contributed by atoms with E-state index in [0.29, 0.717) is 13.0 Å². The van der Waals surface area contributed by atoms with Crippen molar-refractivity contribution >= 4 is 5.97 Å². The number of rotatable bonds is 41. The summed E-state index contributed by atoms with van der Waals surface area (Å²) in [5.74, 6) is -0.211. The molecule has 0 aromatic carbocycles. The first-order chi connectivity index (χ1) is 26.2. The molecule has 1 atom stereocenters. The Morgan fingerprint density at radius 2 is 0.849 bits per heavy atom. The molecule has 0 saturated heterocycles. The second kappa shape index (κ2) is 46.0. The molecule has 4 nitrogen and oxygen atoms in total. The third kappa shape index (κ3) is 44.1. The number of aliphatic hydroxyl groups excluding tert-OH is 1. The molecule has 0 spiro atoms. The van der Waals surface area contributed by atoms with Crippen molar-refractivity contribution in [2.75, 3.05) is 19.8 Å². The lowest BCUT2D eigenvalue weighted by Crippen LogP contribution is -2.27.